The Hall–Kier alpha value is -0.900. The van der Waals surface area contributed by atoms with Crippen LogP contribution in [0.1, 0.15) is 30.9 Å². The minimum atomic E-state index is 0.930. The summed E-state index contributed by atoms with van der Waals surface area (Å²) >= 11 is 0. The largest absolute Gasteiger partial charge is 0.317 e. The first-order valence-corrected chi connectivity index (χ1v) is 8.60. The molecule has 0 aromatic heterocycles. The number of nitrogens with one attached hydrogen (secondary N) is 1. The van der Waals surface area contributed by atoms with Crippen molar-refractivity contribution in [3.63, 3.8) is 0 Å². The van der Waals surface area contributed by atoms with E-state index in [0.717, 1.165) is 32.1 Å². The van der Waals surface area contributed by atoms with E-state index in [1.165, 1.54) is 50.1 Å². The lowest BCUT2D eigenvalue weighted by molar-refractivity contribution is 0.121. The van der Waals surface area contributed by atoms with Gasteiger partial charge in [-0.2, -0.15) is 0 Å². The average Bonchev–Trinajstić information content (AvgIpc) is 3.35. The minimum Gasteiger partial charge on any atom is -0.317 e. The average molecular weight is 287 g/mol. The van der Waals surface area contributed by atoms with Crippen LogP contribution < -0.4 is 5.32 Å². The van der Waals surface area contributed by atoms with Gasteiger partial charge in [0.15, 0.2) is 0 Å². The third-order valence-corrected chi connectivity index (χ3v) is 4.80. The standard InChI is InChI=1S/C18H29N3/c1-2-19-10-9-16-5-3-4-6-17(16)15-20-11-13-21(14-12-20)18-7-8-18/h3-6,18-19H,2,7-15H2,1H3. The smallest absolute Gasteiger partial charge is 0.0237 e. The van der Waals surface area contributed by atoms with Crippen LogP contribution in [0, 0.1) is 0 Å². The topological polar surface area (TPSA) is 18.5 Å². The third-order valence-electron chi connectivity index (χ3n) is 4.80. The highest BCUT2D eigenvalue weighted by Gasteiger charge is 2.31. The van der Waals surface area contributed by atoms with Gasteiger partial charge in [0.2, 0.25) is 0 Å². The second-order valence-corrected chi connectivity index (χ2v) is 6.42. The van der Waals surface area contributed by atoms with Crippen molar-refractivity contribution in [1.29, 1.82) is 0 Å². The molecule has 116 valence electrons. The second kappa shape index (κ2) is 7.39. The van der Waals surface area contributed by atoms with Crippen molar-refractivity contribution in [3.05, 3.63) is 35.4 Å². The number of benzene rings is 1. The van der Waals surface area contributed by atoms with Crippen LogP contribution in [0.2, 0.25) is 0 Å². The van der Waals surface area contributed by atoms with E-state index in [2.05, 4.69) is 46.3 Å². The first kappa shape index (κ1) is 15.0. The highest BCUT2D eigenvalue weighted by molar-refractivity contribution is 5.27. The zero-order chi connectivity index (χ0) is 14.5. The van der Waals surface area contributed by atoms with Crippen molar-refractivity contribution in [2.75, 3.05) is 39.3 Å². The third kappa shape index (κ3) is 4.29. The number of rotatable bonds is 7. The van der Waals surface area contributed by atoms with Crippen LogP contribution in [0.3, 0.4) is 0 Å². The molecule has 1 saturated heterocycles. The van der Waals surface area contributed by atoms with Gasteiger partial charge in [-0.25, -0.2) is 0 Å². The second-order valence-electron chi connectivity index (χ2n) is 6.42. The first-order valence-electron chi connectivity index (χ1n) is 8.60. The Kier molecular flexibility index (Phi) is 5.28. The molecule has 0 spiro atoms. The SMILES string of the molecule is CCNCCc1ccccc1CN1CCN(C2CC2)CC1. The summed E-state index contributed by atoms with van der Waals surface area (Å²) in [5, 5.41) is 3.43. The molecular formula is C18H29N3. The molecule has 1 aliphatic heterocycles. The summed E-state index contributed by atoms with van der Waals surface area (Å²) in [5.41, 5.74) is 3.04. The van der Waals surface area contributed by atoms with E-state index in [9.17, 15) is 0 Å². The number of hydrogen-bond acceptors (Lipinski definition) is 3. The van der Waals surface area contributed by atoms with Crippen LogP contribution >= 0.6 is 0 Å². The highest BCUT2D eigenvalue weighted by Crippen LogP contribution is 2.27. The van der Waals surface area contributed by atoms with E-state index in [1.54, 1.807) is 0 Å². The molecule has 2 fully saturated rings. The minimum absolute atomic E-state index is 0.930. The lowest BCUT2D eigenvalue weighted by Crippen LogP contribution is -2.46. The molecule has 1 aliphatic carbocycles. The van der Waals surface area contributed by atoms with Crippen molar-refractivity contribution in [2.45, 2.75) is 38.8 Å². The molecule has 1 N–H and O–H groups in total. The molecule has 3 nitrogen and oxygen atoms in total. The molecular weight excluding hydrogens is 258 g/mol. The van der Waals surface area contributed by atoms with Crippen LogP contribution in [-0.4, -0.2) is 55.1 Å². The van der Waals surface area contributed by atoms with Crippen molar-refractivity contribution >= 4 is 0 Å². The van der Waals surface area contributed by atoms with Crippen LogP contribution in [-0.2, 0) is 13.0 Å². The molecule has 0 unspecified atom stereocenters. The van der Waals surface area contributed by atoms with Gasteiger partial charge in [-0.05, 0) is 43.5 Å². The molecule has 2 aliphatic rings. The maximum Gasteiger partial charge on any atom is 0.0237 e. The predicted molar refractivity (Wildman–Crippen MR) is 88.6 cm³/mol. The van der Waals surface area contributed by atoms with E-state index in [1.807, 2.05) is 0 Å². The number of hydrogen-bond donors (Lipinski definition) is 1. The zero-order valence-corrected chi connectivity index (χ0v) is 13.4. The maximum absolute atomic E-state index is 3.43. The molecule has 1 saturated carbocycles. The molecule has 21 heavy (non-hydrogen) atoms. The molecule has 1 aromatic carbocycles. The van der Waals surface area contributed by atoms with Gasteiger partial charge in [-0.1, -0.05) is 31.2 Å². The van der Waals surface area contributed by atoms with E-state index < -0.39 is 0 Å². The van der Waals surface area contributed by atoms with E-state index >= 15 is 0 Å². The quantitative estimate of drug-likeness (QED) is 0.775. The molecule has 1 aromatic rings. The van der Waals surface area contributed by atoms with Crippen LogP contribution in [0.15, 0.2) is 24.3 Å². The van der Waals surface area contributed by atoms with Gasteiger partial charge < -0.3 is 5.32 Å². The Labute approximate surface area is 129 Å². The highest BCUT2D eigenvalue weighted by atomic mass is 15.3. The Bertz CT molecular complexity index is 434. The first-order chi connectivity index (χ1) is 10.4. The molecule has 0 radical (unpaired) electrons. The molecule has 3 rings (SSSR count). The van der Waals surface area contributed by atoms with Gasteiger partial charge in [-0.3, -0.25) is 9.80 Å². The summed E-state index contributed by atoms with van der Waals surface area (Å²) in [6.07, 6.45) is 4.02. The van der Waals surface area contributed by atoms with E-state index in [4.69, 9.17) is 0 Å². The summed E-state index contributed by atoms with van der Waals surface area (Å²) in [7, 11) is 0. The number of nitrogens with zero attached hydrogens (tertiary/aromatic N) is 2. The van der Waals surface area contributed by atoms with Gasteiger partial charge in [0, 0.05) is 38.8 Å². The lowest BCUT2D eigenvalue weighted by Gasteiger charge is -2.35. The van der Waals surface area contributed by atoms with Crippen molar-refractivity contribution in [2.24, 2.45) is 0 Å². The van der Waals surface area contributed by atoms with Gasteiger partial charge in [0.25, 0.3) is 0 Å². The molecule has 1 heterocycles. The fourth-order valence-electron chi connectivity index (χ4n) is 3.32. The van der Waals surface area contributed by atoms with Crippen molar-refractivity contribution in [1.82, 2.24) is 15.1 Å². The summed E-state index contributed by atoms with van der Waals surface area (Å²) in [5.74, 6) is 0. The van der Waals surface area contributed by atoms with Crippen molar-refractivity contribution < 1.29 is 0 Å². The van der Waals surface area contributed by atoms with Crippen LogP contribution in [0.25, 0.3) is 0 Å². The summed E-state index contributed by atoms with van der Waals surface area (Å²) in [4.78, 5) is 5.32. The van der Waals surface area contributed by atoms with Crippen LogP contribution in [0.4, 0.5) is 0 Å². The summed E-state index contributed by atoms with van der Waals surface area (Å²) in [6.45, 7) is 10.4. The molecule has 3 heteroatoms. The zero-order valence-electron chi connectivity index (χ0n) is 13.4. The molecule has 0 amide bonds. The van der Waals surface area contributed by atoms with Gasteiger partial charge in [-0.15, -0.1) is 0 Å². The summed E-state index contributed by atoms with van der Waals surface area (Å²) in [6, 6.07) is 9.91. The van der Waals surface area contributed by atoms with Gasteiger partial charge in [0.1, 0.15) is 0 Å². The number of piperazine rings is 1. The lowest BCUT2D eigenvalue weighted by atomic mass is 10.0. The number of likely N-dealkylation sites (N-methyl/N-ethyl adjacent to an activating group) is 1. The Balaban J connectivity index is 1.52. The molecule has 0 atom stereocenters. The monoisotopic (exact) mass is 287 g/mol. The Morgan fingerprint density at radius 3 is 2.43 bits per heavy atom. The van der Waals surface area contributed by atoms with E-state index in [0.29, 0.717) is 0 Å². The molecule has 0 bridgehead atoms. The van der Waals surface area contributed by atoms with Gasteiger partial charge >= 0.3 is 0 Å². The van der Waals surface area contributed by atoms with Crippen LogP contribution in [0.5, 0.6) is 0 Å². The fourth-order valence-corrected chi connectivity index (χ4v) is 3.32. The Morgan fingerprint density at radius 1 is 1.05 bits per heavy atom. The Morgan fingerprint density at radius 2 is 1.76 bits per heavy atom. The fraction of sp³-hybridized carbons (Fsp3) is 0.667. The summed E-state index contributed by atoms with van der Waals surface area (Å²) < 4.78 is 0. The predicted octanol–water partition coefficient (Wildman–Crippen LogP) is 2.12. The van der Waals surface area contributed by atoms with Gasteiger partial charge in [0.05, 0.1) is 0 Å². The maximum atomic E-state index is 3.43. The van der Waals surface area contributed by atoms with E-state index in [-0.39, 0.29) is 0 Å². The van der Waals surface area contributed by atoms with Crippen molar-refractivity contribution in [3.8, 4) is 0 Å². The normalized spacial score (nSPS) is 20.8.